The molecule has 1 heterocycles. The van der Waals surface area contributed by atoms with Crippen molar-refractivity contribution in [3.63, 3.8) is 0 Å². The summed E-state index contributed by atoms with van der Waals surface area (Å²) >= 11 is 0. The van der Waals surface area contributed by atoms with Crippen molar-refractivity contribution in [2.24, 2.45) is 0 Å². The van der Waals surface area contributed by atoms with Crippen molar-refractivity contribution in [2.45, 2.75) is 12.5 Å². The van der Waals surface area contributed by atoms with E-state index in [1.165, 1.54) is 0 Å². The second-order valence-electron chi connectivity index (χ2n) is 5.79. The Kier molecular flexibility index (Phi) is 7.03. The highest BCUT2D eigenvalue weighted by Crippen LogP contribution is 2.28. The molecule has 1 aromatic rings. The van der Waals surface area contributed by atoms with Gasteiger partial charge in [0.05, 0.1) is 19.3 Å². The van der Waals surface area contributed by atoms with Crippen LogP contribution in [0.15, 0.2) is 24.3 Å². The number of anilines is 1. The van der Waals surface area contributed by atoms with Gasteiger partial charge in [0, 0.05) is 39.2 Å². The fourth-order valence-corrected chi connectivity index (χ4v) is 2.73. The maximum atomic E-state index is 12.2. The fraction of sp³-hybridized carbons (Fsp3) is 0.529. The normalized spacial score (nSPS) is 15.6. The van der Waals surface area contributed by atoms with Crippen LogP contribution < -0.4 is 15.0 Å². The van der Waals surface area contributed by atoms with E-state index in [0.717, 1.165) is 11.4 Å². The molecule has 25 heavy (non-hydrogen) atoms. The number of hydrogen-bond donors (Lipinski definition) is 3. The van der Waals surface area contributed by atoms with Crippen LogP contribution in [-0.2, 0) is 9.59 Å². The number of methoxy groups -OCH3 is 1. The molecule has 1 aliphatic heterocycles. The first-order valence-corrected chi connectivity index (χ1v) is 8.29. The molecule has 8 heteroatoms. The summed E-state index contributed by atoms with van der Waals surface area (Å²) in [6.45, 7) is 2.00. The molecule has 1 unspecified atom stereocenters. The van der Waals surface area contributed by atoms with Crippen molar-refractivity contribution in [2.75, 3.05) is 51.3 Å². The zero-order valence-corrected chi connectivity index (χ0v) is 14.4. The molecule has 0 radical (unpaired) electrons. The molecule has 1 aliphatic rings. The second-order valence-corrected chi connectivity index (χ2v) is 5.79. The highest BCUT2D eigenvalue weighted by molar-refractivity contribution is 5.86. The molecule has 2 rings (SSSR count). The summed E-state index contributed by atoms with van der Waals surface area (Å²) in [5.74, 6) is -0.0355. The molecular weight excluding hydrogens is 326 g/mol. The van der Waals surface area contributed by atoms with Gasteiger partial charge in [0.15, 0.2) is 0 Å². The maximum Gasteiger partial charge on any atom is 0.249 e. The van der Waals surface area contributed by atoms with Crippen molar-refractivity contribution in [3.8, 4) is 5.75 Å². The molecule has 8 nitrogen and oxygen atoms in total. The number of aliphatic hydroxyl groups is 2. The van der Waals surface area contributed by atoms with E-state index in [0.29, 0.717) is 26.2 Å². The average Bonchev–Trinajstić information content (AvgIpc) is 2.66. The second kappa shape index (κ2) is 9.24. The minimum atomic E-state index is -1.29. The summed E-state index contributed by atoms with van der Waals surface area (Å²) in [7, 11) is 1.63. The van der Waals surface area contributed by atoms with Gasteiger partial charge in [-0.1, -0.05) is 12.1 Å². The molecule has 0 aromatic heterocycles. The lowest BCUT2D eigenvalue weighted by molar-refractivity contribution is -0.136. The Morgan fingerprint density at radius 3 is 2.56 bits per heavy atom. The van der Waals surface area contributed by atoms with Crippen molar-refractivity contribution in [1.29, 1.82) is 0 Å². The smallest absolute Gasteiger partial charge is 0.249 e. The lowest BCUT2D eigenvalue weighted by atomic mass is 10.2. The highest BCUT2D eigenvalue weighted by Gasteiger charge is 2.23. The third kappa shape index (κ3) is 5.07. The monoisotopic (exact) mass is 351 g/mol. The minimum Gasteiger partial charge on any atom is -0.495 e. The number of amides is 2. The number of nitrogens with zero attached hydrogens (tertiary/aromatic N) is 2. The number of benzene rings is 1. The van der Waals surface area contributed by atoms with Crippen LogP contribution in [-0.4, -0.2) is 79.5 Å². The Bertz CT molecular complexity index is 587. The molecular formula is C17H25N3O5. The molecule has 1 saturated heterocycles. The van der Waals surface area contributed by atoms with Gasteiger partial charge in [-0.05, 0) is 12.1 Å². The minimum absolute atomic E-state index is 0.0440. The predicted octanol–water partition coefficient (Wildman–Crippen LogP) is -0.797. The van der Waals surface area contributed by atoms with Crippen LogP contribution in [0.2, 0.25) is 0 Å². The first kappa shape index (κ1) is 19.0. The first-order valence-electron chi connectivity index (χ1n) is 8.29. The summed E-state index contributed by atoms with van der Waals surface area (Å²) in [6.07, 6.45) is -1.34. The van der Waals surface area contributed by atoms with Crippen molar-refractivity contribution < 1.29 is 24.5 Å². The third-order valence-corrected chi connectivity index (χ3v) is 4.18. The van der Waals surface area contributed by atoms with Gasteiger partial charge in [-0.25, -0.2) is 0 Å². The van der Waals surface area contributed by atoms with Crippen LogP contribution >= 0.6 is 0 Å². The Balaban J connectivity index is 1.81. The van der Waals surface area contributed by atoms with Crippen molar-refractivity contribution in [1.82, 2.24) is 10.2 Å². The number of piperazine rings is 1. The lowest BCUT2D eigenvalue weighted by Gasteiger charge is -2.36. The molecule has 1 aromatic carbocycles. The van der Waals surface area contributed by atoms with E-state index in [1.807, 2.05) is 24.3 Å². The number of hydrogen-bond acceptors (Lipinski definition) is 6. The molecule has 0 aliphatic carbocycles. The van der Waals surface area contributed by atoms with Crippen LogP contribution in [0, 0.1) is 0 Å². The van der Waals surface area contributed by atoms with Gasteiger partial charge >= 0.3 is 0 Å². The number of ether oxygens (including phenoxy) is 1. The zero-order valence-electron chi connectivity index (χ0n) is 14.4. The number of carbonyl (C=O) groups is 2. The van der Waals surface area contributed by atoms with E-state index < -0.39 is 12.0 Å². The maximum absolute atomic E-state index is 12.2. The Hall–Kier alpha value is -2.32. The van der Waals surface area contributed by atoms with Gasteiger partial charge in [0.2, 0.25) is 11.8 Å². The van der Waals surface area contributed by atoms with Crippen molar-refractivity contribution >= 4 is 17.5 Å². The van der Waals surface area contributed by atoms with E-state index in [1.54, 1.807) is 12.0 Å². The van der Waals surface area contributed by atoms with E-state index >= 15 is 0 Å². The summed E-state index contributed by atoms with van der Waals surface area (Å²) in [6, 6.07) is 7.75. The third-order valence-electron chi connectivity index (χ3n) is 4.18. The van der Waals surface area contributed by atoms with E-state index in [2.05, 4.69) is 10.2 Å². The topological polar surface area (TPSA) is 102 Å². The standard InChI is InChI=1S/C17H25N3O5/c1-25-15-5-3-2-4-13(15)19-7-9-20(10-8-19)16(23)12-18-17(24)14(22)6-11-21/h2-5,14,21-22H,6-12H2,1H3,(H,18,24). The van der Waals surface area contributed by atoms with Crippen LogP contribution in [0.5, 0.6) is 5.75 Å². The van der Waals surface area contributed by atoms with Gasteiger partial charge < -0.3 is 30.1 Å². The quantitative estimate of drug-likeness (QED) is 0.595. The molecule has 3 N–H and O–H groups in total. The number of para-hydroxylation sites is 2. The Morgan fingerprint density at radius 1 is 1.24 bits per heavy atom. The van der Waals surface area contributed by atoms with Crippen LogP contribution in [0.4, 0.5) is 5.69 Å². The summed E-state index contributed by atoms with van der Waals surface area (Å²) in [4.78, 5) is 27.6. The largest absolute Gasteiger partial charge is 0.495 e. The number of carbonyl (C=O) groups excluding carboxylic acids is 2. The molecule has 138 valence electrons. The molecule has 0 spiro atoms. The molecule has 1 fully saturated rings. The zero-order chi connectivity index (χ0) is 18.2. The van der Waals surface area contributed by atoms with Crippen LogP contribution in [0.25, 0.3) is 0 Å². The van der Waals surface area contributed by atoms with Gasteiger partial charge in [0.25, 0.3) is 0 Å². The predicted molar refractivity (Wildman–Crippen MR) is 92.5 cm³/mol. The SMILES string of the molecule is COc1ccccc1N1CCN(C(=O)CNC(=O)C(O)CCO)CC1. The number of rotatable bonds is 7. The van der Waals surface area contributed by atoms with E-state index in [9.17, 15) is 14.7 Å². The fourth-order valence-electron chi connectivity index (χ4n) is 2.73. The summed E-state index contributed by atoms with van der Waals surface area (Å²) < 4.78 is 5.37. The Labute approximate surface area is 147 Å². The lowest BCUT2D eigenvalue weighted by Crippen LogP contribution is -2.52. The average molecular weight is 351 g/mol. The van der Waals surface area contributed by atoms with Gasteiger partial charge in [-0.3, -0.25) is 9.59 Å². The molecule has 0 bridgehead atoms. The highest BCUT2D eigenvalue weighted by atomic mass is 16.5. The molecule has 1 atom stereocenters. The van der Waals surface area contributed by atoms with Gasteiger partial charge in [-0.15, -0.1) is 0 Å². The van der Waals surface area contributed by atoms with Gasteiger partial charge in [-0.2, -0.15) is 0 Å². The Morgan fingerprint density at radius 2 is 1.92 bits per heavy atom. The summed E-state index contributed by atoms with van der Waals surface area (Å²) in [5.41, 5.74) is 0.998. The summed E-state index contributed by atoms with van der Waals surface area (Å²) in [5, 5.41) is 20.5. The van der Waals surface area contributed by atoms with Gasteiger partial charge in [0.1, 0.15) is 11.9 Å². The van der Waals surface area contributed by atoms with E-state index in [4.69, 9.17) is 9.84 Å². The number of aliphatic hydroxyl groups excluding tert-OH is 2. The molecule has 0 saturated carbocycles. The van der Waals surface area contributed by atoms with Crippen LogP contribution in [0.3, 0.4) is 0 Å². The van der Waals surface area contributed by atoms with E-state index in [-0.39, 0.29) is 25.5 Å². The van der Waals surface area contributed by atoms with Crippen molar-refractivity contribution in [3.05, 3.63) is 24.3 Å². The molecule has 2 amide bonds. The number of nitrogens with one attached hydrogen (secondary N) is 1. The first-order chi connectivity index (χ1) is 12.1. The van der Waals surface area contributed by atoms with Crippen LogP contribution in [0.1, 0.15) is 6.42 Å².